The van der Waals surface area contributed by atoms with Gasteiger partial charge in [0.1, 0.15) is 5.60 Å². The Morgan fingerprint density at radius 1 is 1.15 bits per heavy atom. The maximum absolute atomic E-state index is 11.5. The number of hydrazine groups is 1. The summed E-state index contributed by atoms with van der Waals surface area (Å²) in [7, 11) is 0. The Labute approximate surface area is 118 Å². The number of nitrogens with two attached hydrogens (primary N) is 1. The lowest BCUT2D eigenvalue weighted by Crippen LogP contribution is -2.32. The Morgan fingerprint density at radius 3 is 2.20 bits per heavy atom. The summed E-state index contributed by atoms with van der Waals surface area (Å²) in [5, 5.41) is 2.67. The van der Waals surface area contributed by atoms with Crippen molar-refractivity contribution in [2.45, 2.75) is 39.3 Å². The molecule has 4 N–H and O–H groups in total. The molecule has 20 heavy (non-hydrogen) atoms. The van der Waals surface area contributed by atoms with Gasteiger partial charge in [-0.25, -0.2) is 10.6 Å². The minimum atomic E-state index is -0.510. The molecule has 0 aliphatic carbocycles. The van der Waals surface area contributed by atoms with Gasteiger partial charge in [0.15, 0.2) is 0 Å². The number of rotatable bonds is 4. The molecule has 2 amide bonds. The number of nitrogens with one attached hydrogen (secondary N) is 2. The Morgan fingerprint density at radius 2 is 1.70 bits per heavy atom. The van der Waals surface area contributed by atoms with Crippen LogP contribution in [0.15, 0.2) is 24.3 Å². The third kappa shape index (κ3) is 6.19. The summed E-state index contributed by atoms with van der Waals surface area (Å²) < 4.78 is 5.13. The first-order valence-corrected chi connectivity index (χ1v) is 6.34. The number of carbonyl (C=O) groups excluding carboxylic acids is 2. The Balaban J connectivity index is 2.46. The van der Waals surface area contributed by atoms with Gasteiger partial charge >= 0.3 is 6.09 Å². The molecule has 0 radical (unpaired) electrons. The zero-order valence-corrected chi connectivity index (χ0v) is 12.0. The number of hydrogen-bond acceptors (Lipinski definition) is 4. The van der Waals surface area contributed by atoms with Gasteiger partial charge in [-0.2, -0.15) is 0 Å². The molecule has 1 rings (SSSR count). The van der Waals surface area contributed by atoms with Crippen LogP contribution in [0.1, 0.15) is 31.9 Å². The zero-order chi connectivity index (χ0) is 15.2. The van der Waals surface area contributed by atoms with Gasteiger partial charge in [-0.3, -0.25) is 10.2 Å². The van der Waals surface area contributed by atoms with Crippen LogP contribution >= 0.6 is 0 Å². The van der Waals surface area contributed by atoms with Crippen molar-refractivity contribution >= 4 is 12.0 Å². The highest BCUT2D eigenvalue weighted by Gasteiger charge is 2.15. The van der Waals surface area contributed by atoms with Crippen LogP contribution in [-0.2, 0) is 22.5 Å². The normalized spacial score (nSPS) is 10.8. The van der Waals surface area contributed by atoms with Gasteiger partial charge in [-0.15, -0.1) is 0 Å². The van der Waals surface area contributed by atoms with Crippen molar-refractivity contribution in [1.82, 2.24) is 10.7 Å². The van der Waals surface area contributed by atoms with Gasteiger partial charge in [-0.1, -0.05) is 24.3 Å². The molecular formula is C14H21N3O3. The van der Waals surface area contributed by atoms with Crippen LogP contribution in [-0.4, -0.2) is 17.6 Å². The Hall–Kier alpha value is -2.08. The summed E-state index contributed by atoms with van der Waals surface area (Å²) in [6, 6.07) is 7.33. The molecule has 0 aliphatic heterocycles. The number of carbonyl (C=O) groups is 2. The van der Waals surface area contributed by atoms with Gasteiger partial charge in [-0.05, 0) is 31.9 Å². The largest absolute Gasteiger partial charge is 0.444 e. The Bertz CT molecular complexity index is 464. The van der Waals surface area contributed by atoms with Crippen LogP contribution in [0.4, 0.5) is 4.79 Å². The first kappa shape index (κ1) is 16.0. The highest BCUT2D eigenvalue weighted by atomic mass is 16.6. The summed E-state index contributed by atoms with van der Waals surface area (Å²) in [5.74, 6) is 4.77. The second-order valence-electron chi connectivity index (χ2n) is 5.42. The van der Waals surface area contributed by atoms with Crippen molar-refractivity contribution in [3.63, 3.8) is 0 Å². The van der Waals surface area contributed by atoms with E-state index in [0.717, 1.165) is 11.1 Å². The van der Waals surface area contributed by atoms with Gasteiger partial charge in [0.2, 0.25) is 5.91 Å². The van der Waals surface area contributed by atoms with Crippen molar-refractivity contribution in [1.29, 1.82) is 0 Å². The number of ether oxygens (including phenoxy) is 1. The number of amides is 2. The Kier molecular flexibility index (Phi) is 5.52. The third-order valence-electron chi connectivity index (χ3n) is 2.38. The van der Waals surface area contributed by atoms with E-state index in [2.05, 4.69) is 10.7 Å². The quantitative estimate of drug-likeness (QED) is 0.439. The molecule has 0 heterocycles. The van der Waals surface area contributed by atoms with Gasteiger partial charge < -0.3 is 10.1 Å². The van der Waals surface area contributed by atoms with Gasteiger partial charge in [0.25, 0.3) is 0 Å². The lowest BCUT2D eigenvalue weighted by atomic mass is 10.1. The summed E-state index contributed by atoms with van der Waals surface area (Å²) in [5.41, 5.74) is 3.35. The first-order chi connectivity index (χ1) is 9.30. The minimum absolute atomic E-state index is 0.232. The average Bonchev–Trinajstić information content (AvgIpc) is 2.36. The maximum atomic E-state index is 11.5. The maximum Gasteiger partial charge on any atom is 0.407 e. The van der Waals surface area contributed by atoms with E-state index in [9.17, 15) is 9.59 Å². The molecule has 0 aliphatic rings. The third-order valence-corrected chi connectivity index (χ3v) is 2.38. The molecule has 1 aromatic carbocycles. The fourth-order valence-corrected chi connectivity index (χ4v) is 1.50. The van der Waals surface area contributed by atoms with E-state index in [0.29, 0.717) is 6.54 Å². The van der Waals surface area contributed by atoms with E-state index in [1.54, 1.807) is 0 Å². The second-order valence-corrected chi connectivity index (χ2v) is 5.42. The summed E-state index contributed by atoms with van der Waals surface area (Å²) in [6.45, 7) is 5.80. The molecule has 0 saturated heterocycles. The molecule has 0 atom stereocenters. The molecule has 0 spiro atoms. The smallest absolute Gasteiger partial charge is 0.407 e. The first-order valence-electron chi connectivity index (χ1n) is 6.34. The zero-order valence-electron chi connectivity index (χ0n) is 12.0. The van der Waals surface area contributed by atoms with Crippen molar-refractivity contribution in [2.75, 3.05) is 0 Å². The molecule has 0 bridgehead atoms. The SMILES string of the molecule is CC(C)(C)OC(=O)NCc1ccc(CC(=O)NN)cc1. The molecule has 0 saturated carbocycles. The van der Waals surface area contributed by atoms with E-state index in [1.165, 1.54) is 0 Å². The van der Waals surface area contributed by atoms with E-state index in [-0.39, 0.29) is 12.3 Å². The van der Waals surface area contributed by atoms with Crippen molar-refractivity contribution in [2.24, 2.45) is 5.84 Å². The highest BCUT2D eigenvalue weighted by Crippen LogP contribution is 2.08. The lowest BCUT2D eigenvalue weighted by Gasteiger charge is -2.19. The molecule has 1 aromatic rings. The fraction of sp³-hybridized carbons (Fsp3) is 0.429. The van der Waals surface area contributed by atoms with Crippen molar-refractivity contribution in [3.05, 3.63) is 35.4 Å². The minimum Gasteiger partial charge on any atom is -0.444 e. The standard InChI is InChI=1S/C14H21N3O3/c1-14(2,3)20-13(19)16-9-11-6-4-10(5-7-11)8-12(18)17-15/h4-7H,8-9,15H2,1-3H3,(H,16,19)(H,17,18). The van der Waals surface area contributed by atoms with Gasteiger partial charge in [0, 0.05) is 6.54 Å². The molecular weight excluding hydrogens is 258 g/mol. The topological polar surface area (TPSA) is 93.4 Å². The highest BCUT2D eigenvalue weighted by molar-refractivity contribution is 5.77. The molecule has 0 aromatic heterocycles. The summed E-state index contributed by atoms with van der Waals surface area (Å²) >= 11 is 0. The van der Waals surface area contributed by atoms with Crippen LogP contribution in [0.5, 0.6) is 0 Å². The predicted octanol–water partition coefficient (Wildman–Crippen LogP) is 1.24. The van der Waals surface area contributed by atoms with Crippen LogP contribution in [0.25, 0.3) is 0 Å². The van der Waals surface area contributed by atoms with Crippen LogP contribution in [0.3, 0.4) is 0 Å². The van der Waals surface area contributed by atoms with E-state index in [4.69, 9.17) is 10.6 Å². The molecule has 6 heteroatoms. The molecule has 0 unspecified atom stereocenters. The second kappa shape index (κ2) is 6.91. The number of benzene rings is 1. The monoisotopic (exact) mass is 279 g/mol. The fourth-order valence-electron chi connectivity index (χ4n) is 1.50. The number of alkyl carbamates (subject to hydrolysis) is 1. The van der Waals surface area contributed by atoms with Crippen molar-refractivity contribution in [3.8, 4) is 0 Å². The average molecular weight is 279 g/mol. The lowest BCUT2D eigenvalue weighted by molar-refractivity contribution is -0.120. The van der Waals surface area contributed by atoms with E-state index < -0.39 is 11.7 Å². The number of hydrogen-bond donors (Lipinski definition) is 3. The summed E-state index contributed by atoms with van der Waals surface area (Å²) in [4.78, 5) is 22.6. The van der Waals surface area contributed by atoms with Crippen LogP contribution in [0.2, 0.25) is 0 Å². The van der Waals surface area contributed by atoms with Gasteiger partial charge in [0.05, 0.1) is 6.42 Å². The van der Waals surface area contributed by atoms with E-state index in [1.807, 2.05) is 45.0 Å². The molecule has 0 fully saturated rings. The molecule has 110 valence electrons. The summed E-state index contributed by atoms with van der Waals surface area (Å²) in [6.07, 6.45) is -0.222. The van der Waals surface area contributed by atoms with Crippen LogP contribution < -0.4 is 16.6 Å². The molecule has 6 nitrogen and oxygen atoms in total. The van der Waals surface area contributed by atoms with E-state index >= 15 is 0 Å². The van der Waals surface area contributed by atoms with Crippen molar-refractivity contribution < 1.29 is 14.3 Å². The predicted molar refractivity (Wildman–Crippen MR) is 75.5 cm³/mol. The van der Waals surface area contributed by atoms with Crippen LogP contribution in [0, 0.1) is 0 Å².